The van der Waals surface area contributed by atoms with Crippen LogP contribution < -0.4 is 0 Å². The fraction of sp³-hybridized carbons (Fsp3) is 0.957. The number of hydrogen-bond acceptors (Lipinski definition) is 6. The molecule has 1 saturated carbocycles. The van der Waals surface area contributed by atoms with Crippen molar-refractivity contribution in [1.29, 1.82) is 0 Å². The van der Waals surface area contributed by atoms with Gasteiger partial charge in [-0.2, -0.15) is 0 Å². The molecule has 0 aromatic rings. The van der Waals surface area contributed by atoms with E-state index in [2.05, 4.69) is 0 Å². The van der Waals surface area contributed by atoms with Crippen molar-refractivity contribution in [2.75, 3.05) is 79.2 Å². The van der Waals surface area contributed by atoms with Gasteiger partial charge in [-0.3, -0.25) is 4.79 Å². The van der Waals surface area contributed by atoms with Gasteiger partial charge in [-0.15, -0.1) is 0 Å². The summed E-state index contributed by atoms with van der Waals surface area (Å²) < 4.78 is 27.7. The van der Waals surface area contributed by atoms with Crippen LogP contribution in [0.2, 0.25) is 0 Å². The highest BCUT2D eigenvalue weighted by Crippen LogP contribution is 2.24. The van der Waals surface area contributed by atoms with Crippen LogP contribution in [-0.2, 0) is 28.5 Å². The lowest BCUT2D eigenvalue weighted by molar-refractivity contribution is -0.138. The fourth-order valence-corrected chi connectivity index (χ4v) is 3.62. The van der Waals surface area contributed by atoms with Crippen LogP contribution in [0.3, 0.4) is 0 Å². The third kappa shape index (κ3) is 13.5. The Hall–Kier alpha value is -0.730. The van der Waals surface area contributed by atoms with Gasteiger partial charge in [-0.25, -0.2) is 0 Å². The van der Waals surface area contributed by atoms with E-state index in [1.165, 1.54) is 19.3 Å². The van der Waals surface area contributed by atoms with Gasteiger partial charge < -0.3 is 28.6 Å². The topological polar surface area (TPSA) is 66.5 Å². The molecule has 1 heterocycles. The van der Waals surface area contributed by atoms with E-state index in [0.717, 1.165) is 25.7 Å². The lowest BCUT2D eigenvalue weighted by Gasteiger charge is -2.28. The van der Waals surface area contributed by atoms with Crippen LogP contribution in [0.1, 0.15) is 59.8 Å². The zero-order chi connectivity index (χ0) is 19.7. The molecule has 7 heteroatoms. The summed E-state index contributed by atoms with van der Waals surface area (Å²) in [6.45, 7) is 6.65. The standard InChI is InChI=1S/C21H39NO6.2CH4/c23-21(20-6-4-2-1-3-5-7-20)22-8-10-24-12-14-26-16-18-28-19-17-27-15-13-25-11-9-22;;/h20H,1-19H2;2*1H4. The Morgan fingerprint density at radius 3 is 1.27 bits per heavy atom. The average molecular weight is 434 g/mol. The molecule has 0 aromatic heterocycles. The second kappa shape index (κ2) is 20.2. The van der Waals surface area contributed by atoms with Crippen LogP contribution in [0.25, 0.3) is 0 Å². The van der Waals surface area contributed by atoms with Gasteiger partial charge >= 0.3 is 0 Å². The van der Waals surface area contributed by atoms with Crippen molar-refractivity contribution in [1.82, 2.24) is 4.90 Å². The number of rotatable bonds is 1. The Balaban J connectivity index is 0.00000420. The van der Waals surface area contributed by atoms with Gasteiger partial charge in [0.25, 0.3) is 0 Å². The van der Waals surface area contributed by atoms with E-state index < -0.39 is 0 Å². The first-order valence-corrected chi connectivity index (χ1v) is 11.1. The number of amides is 1. The van der Waals surface area contributed by atoms with Gasteiger partial charge in [0.05, 0.1) is 66.1 Å². The molecule has 0 spiro atoms. The van der Waals surface area contributed by atoms with Gasteiger partial charge in [0.15, 0.2) is 0 Å². The van der Waals surface area contributed by atoms with E-state index in [4.69, 9.17) is 23.7 Å². The van der Waals surface area contributed by atoms with Crippen LogP contribution in [-0.4, -0.2) is 90.0 Å². The monoisotopic (exact) mass is 433 g/mol. The minimum absolute atomic E-state index is 0. The zero-order valence-corrected chi connectivity index (χ0v) is 17.4. The summed E-state index contributed by atoms with van der Waals surface area (Å²) in [6, 6.07) is 0. The maximum Gasteiger partial charge on any atom is 0.225 e. The molecule has 1 aliphatic carbocycles. The van der Waals surface area contributed by atoms with Crippen LogP contribution in [0.15, 0.2) is 0 Å². The minimum atomic E-state index is 0. The first kappa shape index (κ1) is 29.3. The predicted octanol–water partition coefficient (Wildman–Crippen LogP) is 3.54. The molecule has 0 atom stereocenters. The number of ether oxygens (including phenoxy) is 5. The lowest BCUT2D eigenvalue weighted by Crippen LogP contribution is -2.41. The molecule has 1 aliphatic heterocycles. The van der Waals surface area contributed by atoms with Gasteiger partial charge in [0.1, 0.15) is 0 Å². The molecule has 1 saturated heterocycles. The van der Waals surface area contributed by atoms with E-state index in [9.17, 15) is 4.79 Å². The minimum Gasteiger partial charge on any atom is -0.377 e. The summed E-state index contributed by atoms with van der Waals surface area (Å²) >= 11 is 0. The molecule has 7 nitrogen and oxygen atoms in total. The number of nitrogens with zero attached hydrogens (tertiary/aromatic N) is 1. The van der Waals surface area contributed by atoms with E-state index in [0.29, 0.717) is 79.2 Å². The molecule has 0 aromatic carbocycles. The molecular formula is C23H47NO6. The van der Waals surface area contributed by atoms with Crippen molar-refractivity contribution in [2.45, 2.75) is 59.8 Å². The molecule has 0 radical (unpaired) electrons. The van der Waals surface area contributed by atoms with Crippen molar-refractivity contribution in [3.05, 3.63) is 0 Å². The SMILES string of the molecule is C.C.O=C(C1CCCCCCC1)N1CCOCCOCCOCCOCCOCC1. The Labute approximate surface area is 184 Å². The second-order valence-electron chi connectivity index (χ2n) is 7.43. The molecule has 2 aliphatic rings. The Morgan fingerprint density at radius 1 is 0.533 bits per heavy atom. The van der Waals surface area contributed by atoms with Crippen LogP contribution in [0.4, 0.5) is 0 Å². The first-order valence-electron chi connectivity index (χ1n) is 11.1. The maximum atomic E-state index is 13.1. The molecule has 0 N–H and O–H groups in total. The van der Waals surface area contributed by atoms with Crippen molar-refractivity contribution in [3.8, 4) is 0 Å². The number of carbonyl (C=O) groups is 1. The summed E-state index contributed by atoms with van der Waals surface area (Å²) in [5.41, 5.74) is 0. The molecule has 30 heavy (non-hydrogen) atoms. The molecular weight excluding hydrogens is 386 g/mol. The van der Waals surface area contributed by atoms with Crippen molar-refractivity contribution < 1.29 is 28.5 Å². The zero-order valence-electron chi connectivity index (χ0n) is 17.4. The van der Waals surface area contributed by atoms with Crippen LogP contribution in [0, 0.1) is 5.92 Å². The van der Waals surface area contributed by atoms with Crippen LogP contribution in [0.5, 0.6) is 0 Å². The van der Waals surface area contributed by atoms with Gasteiger partial charge in [-0.05, 0) is 12.8 Å². The predicted molar refractivity (Wildman–Crippen MR) is 120 cm³/mol. The fourth-order valence-electron chi connectivity index (χ4n) is 3.62. The van der Waals surface area contributed by atoms with Crippen molar-refractivity contribution >= 4 is 5.91 Å². The normalized spacial score (nSPS) is 22.9. The lowest BCUT2D eigenvalue weighted by atomic mass is 9.90. The summed E-state index contributed by atoms with van der Waals surface area (Å²) in [6.07, 6.45) is 8.16. The first-order chi connectivity index (χ1) is 13.9. The van der Waals surface area contributed by atoms with E-state index in [1.807, 2.05) is 4.90 Å². The smallest absolute Gasteiger partial charge is 0.225 e. The van der Waals surface area contributed by atoms with E-state index >= 15 is 0 Å². The third-order valence-corrected chi connectivity index (χ3v) is 5.27. The summed E-state index contributed by atoms with van der Waals surface area (Å²) in [4.78, 5) is 15.0. The van der Waals surface area contributed by atoms with Gasteiger partial charge in [0.2, 0.25) is 5.91 Å². The summed E-state index contributed by atoms with van der Waals surface area (Å²) in [5, 5.41) is 0. The number of hydrogen-bond donors (Lipinski definition) is 0. The van der Waals surface area contributed by atoms with E-state index in [-0.39, 0.29) is 26.7 Å². The summed E-state index contributed by atoms with van der Waals surface area (Å²) in [5.74, 6) is 0.429. The average Bonchev–Trinajstić information content (AvgIpc) is 2.67. The molecule has 1 amide bonds. The van der Waals surface area contributed by atoms with Gasteiger partial charge in [-0.1, -0.05) is 47.0 Å². The highest BCUT2D eigenvalue weighted by Gasteiger charge is 2.24. The highest BCUT2D eigenvalue weighted by molar-refractivity contribution is 5.78. The quantitative estimate of drug-likeness (QED) is 0.630. The number of carbonyl (C=O) groups excluding carboxylic acids is 1. The van der Waals surface area contributed by atoms with Crippen molar-refractivity contribution in [2.24, 2.45) is 5.92 Å². The molecule has 0 unspecified atom stereocenters. The largest absolute Gasteiger partial charge is 0.377 e. The third-order valence-electron chi connectivity index (χ3n) is 5.27. The highest BCUT2D eigenvalue weighted by atomic mass is 16.6. The summed E-state index contributed by atoms with van der Waals surface area (Å²) in [7, 11) is 0. The Kier molecular flexibility index (Phi) is 19.7. The molecule has 0 bridgehead atoms. The van der Waals surface area contributed by atoms with Crippen molar-refractivity contribution in [3.63, 3.8) is 0 Å². The maximum absolute atomic E-state index is 13.1. The molecule has 180 valence electrons. The Morgan fingerprint density at radius 2 is 0.867 bits per heavy atom. The van der Waals surface area contributed by atoms with Gasteiger partial charge in [0, 0.05) is 19.0 Å². The Bertz CT molecular complexity index is 370. The molecule has 2 rings (SSSR count). The second-order valence-corrected chi connectivity index (χ2v) is 7.43. The van der Waals surface area contributed by atoms with E-state index in [1.54, 1.807) is 0 Å². The van der Waals surface area contributed by atoms with Crippen LogP contribution >= 0.6 is 0 Å². The molecule has 2 fully saturated rings.